The van der Waals surface area contributed by atoms with Crippen molar-refractivity contribution in [1.29, 1.82) is 0 Å². The Morgan fingerprint density at radius 1 is 0.475 bits per heavy atom. The highest BCUT2D eigenvalue weighted by Crippen LogP contribution is 2.19. The van der Waals surface area contributed by atoms with E-state index in [2.05, 4.69) is 36.3 Å². The summed E-state index contributed by atoms with van der Waals surface area (Å²) in [7, 11) is 1.61. The summed E-state index contributed by atoms with van der Waals surface area (Å²) in [5, 5.41) is 6.24. The first kappa shape index (κ1) is 56.6. The normalized spacial score (nSPS) is 12.0. The Balaban J connectivity index is 2.42. The van der Waals surface area contributed by atoms with Gasteiger partial charge in [0.15, 0.2) is 0 Å². The number of nitrogens with zero attached hydrogens (tertiary/aromatic N) is 1. The first-order valence-corrected chi connectivity index (χ1v) is 25.7. The number of carbonyl (C=O) groups is 2. The molecule has 1 aromatic rings. The highest BCUT2D eigenvalue weighted by molar-refractivity contribution is 5.74. The van der Waals surface area contributed by atoms with Gasteiger partial charge in [-0.3, -0.25) is 19.2 Å². The fourth-order valence-electron chi connectivity index (χ4n) is 8.08. The molecule has 0 aliphatic rings. The van der Waals surface area contributed by atoms with Crippen molar-refractivity contribution in [2.75, 3.05) is 63.7 Å². The number of anilines is 2. The Labute approximate surface area is 373 Å². The van der Waals surface area contributed by atoms with Crippen LogP contribution in [0.3, 0.4) is 0 Å². The average Bonchev–Trinajstić information content (AvgIpc) is 3.26. The van der Waals surface area contributed by atoms with Crippen LogP contribution in [0, 0.1) is 0 Å². The summed E-state index contributed by atoms with van der Waals surface area (Å²) in [6, 6.07) is 0. The van der Waals surface area contributed by atoms with Gasteiger partial charge in [-0.15, -0.1) is 0 Å². The van der Waals surface area contributed by atoms with E-state index in [0.717, 1.165) is 129 Å². The van der Waals surface area contributed by atoms with Crippen LogP contribution in [0.1, 0.15) is 233 Å². The molecule has 10 heteroatoms. The van der Waals surface area contributed by atoms with E-state index >= 15 is 0 Å². The topological polar surface area (TPSA) is 123 Å². The van der Waals surface area contributed by atoms with Crippen LogP contribution in [0.5, 0.6) is 0 Å². The van der Waals surface area contributed by atoms with Crippen molar-refractivity contribution in [2.24, 2.45) is 0 Å². The molecule has 0 radical (unpaired) electrons. The minimum absolute atomic E-state index is 0.00957. The van der Waals surface area contributed by atoms with E-state index < -0.39 is 10.9 Å². The van der Waals surface area contributed by atoms with Crippen LogP contribution >= 0.6 is 0 Å². The van der Waals surface area contributed by atoms with Crippen molar-refractivity contribution in [2.45, 2.75) is 239 Å². The summed E-state index contributed by atoms with van der Waals surface area (Å²) in [6.07, 6.45) is 37.0. The summed E-state index contributed by atoms with van der Waals surface area (Å²) >= 11 is 0. The van der Waals surface area contributed by atoms with Crippen LogP contribution in [0.2, 0.25) is 0 Å². The van der Waals surface area contributed by atoms with E-state index in [1.807, 2.05) is 0 Å². The van der Waals surface area contributed by atoms with Gasteiger partial charge in [-0.2, -0.15) is 0 Å². The van der Waals surface area contributed by atoms with Gasteiger partial charge in [-0.1, -0.05) is 156 Å². The molecule has 1 unspecified atom stereocenters. The van der Waals surface area contributed by atoms with Gasteiger partial charge in [0.25, 0.3) is 10.9 Å². The number of methoxy groups -OCH3 is 1. The molecule has 0 spiro atoms. The number of esters is 2. The molecule has 0 saturated carbocycles. The molecule has 0 fully saturated rings. The molecule has 0 amide bonds. The molecule has 10 nitrogen and oxygen atoms in total. The molecule has 1 aromatic carbocycles. The second kappa shape index (κ2) is 41.5. The molecule has 0 aliphatic carbocycles. The van der Waals surface area contributed by atoms with Crippen LogP contribution < -0.4 is 21.5 Å². The number of hydrogen-bond donors (Lipinski definition) is 2. The fourth-order valence-corrected chi connectivity index (χ4v) is 8.08. The predicted molar refractivity (Wildman–Crippen MR) is 257 cm³/mol. The van der Waals surface area contributed by atoms with Gasteiger partial charge in [0.1, 0.15) is 17.5 Å². The van der Waals surface area contributed by atoms with Gasteiger partial charge in [0, 0.05) is 33.0 Å². The third kappa shape index (κ3) is 31.9. The van der Waals surface area contributed by atoms with Gasteiger partial charge in [0.2, 0.25) is 0 Å². The minimum atomic E-state index is -0.460. The summed E-state index contributed by atoms with van der Waals surface area (Å²) in [5.41, 5.74) is -0.135. The first-order chi connectivity index (χ1) is 29.9. The second-order valence-corrected chi connectivity index (χ2v) is 17.7. The van der Waals surface area contributed by atoms with E-state index in [1.54, 1.807) is 7.11 Å². The van der Waals surface area contributed by atoms with Crippen molar-refractivity contribution in [3.05, 3.63) is 20.4 Å². The van der Waals surface area contributed by atoms with Crippen molar-refractivity contribution in [1.82, 2.24) is 4.90 Å². The molecule has 1 rings (SSSR count). The Bertz CT molecular complexity index is 1230. The Morgan fingerprint density at radius 3 is 1.39 bits per heavy atom. The molecule has 0 heterocycles. The number of hydrogen-bond acceptors (Lipinski definition) is 10. The molecule has 1 atom stereocenters. The number of nitrogens with one attached hydrogen (secondary N) is 2. The van der Waals surface area contributed by atoms with E-state index in [1.165, 1.54) is 89.9 Å². The summed E-state index contributed by atoms with van der Waals surface area (Å²) in [4.78, 5) is 51.8. The quantitative estimate of drug-likeness (QED) is 0.0372. The molecule has 0 aromatic heterocycles. The lowest BCUT2D eigenvalue weighted by Crippen LogP contribution is -2.38. The smallest absolute Gasteiger partial charge is 0.306 e. The lowest BCUT2D eigenvalue weighted by atomic mass is 10.0. The van der Waals surface area contributed by atoms with Crippen LogP contribution in [-0.2, 0) is 23.8 Å². The van der Waals surface area contributed by atoms with Crippen LogP contribution in [0.4, 0.5) is 11.4 Å². The SMILES string of the molecule is CCCCCCCCCOC(=O)CCCCCCCN(CCCCCCCC(=O)OC(CCCCCCC)CCCCCCCC)CCCNc1c(NCCOC)c(=O)c1=O. The molecule has 0 saturated heterocycles. The Morgan fingerprint density at radius 2 is 0.885 bits per heavy atom. The Kier molecular flexibility index (Phi) is 38.5. The van der Waals surface area contributed by atoms with Crippen molar-refractivity contribution in [3.63, 3.8) is 0 Å². The highest BCUT2D eigenvalue weighted by Gasteiger charge is 2.20. The molecule has 356 valence electrons. The fraction of sp³-hybridized carbons (Fsp3) is 0.882. The standard InChI is InChI=1S/C51H95N3O7/c1-5-8-11-14-16-25-32-43-60-46(55)36-28-21-17-23-30-40-54(42-33-38-52-48-49(51(58)50(48)57)53-39-44-59-4)41-31-24-18-22-29-37-47(56)61-45(34-26-19-13-10-7-3)35-27-20-15-12-9-6-2/h45,52-53H,5-44H2,1-4H3. The predicted octanol–water partition coefficient (Wildman–Crippen LogP) is 12.4. The van der Waals surface area contributed by atoms with Gasteiger partial charge < -0.3 is 29.7 Å². The number of carbonyl (C=O) groups excluding carboxylic acids is 2. The van der Waals surface area contributed by atoms with Gasteiger partial charge >= 0.3 is 11.9 Å². The molecule has 0 bridgehead atoms. The van der Waals surface area contributed by atoms with Crippen molar-refractivity contribution in [3.8, 4) is 0 Å². The molecular formula is C51H95N3O7. The highest BCUT2D eigenvalue weighted by atomic mass is 16.5. The van der Waals surface area contributed by atoms with Crippen LogP contribution in [0.25, 0.3) is 0 Å². The largest absolute Gasteiger partial charge is 0.466 e. The van der Waals surface area contributed by atoms with Gasteiger partial charge in [0.05, 0.1) is 13.2 Å². The zero-order valence-electron chi connectivity index (χ0n) is 40.2. The Hall–Kier alpha value is -2.46. The number of rotatable bonds is 47. The molecule has 61 heavy (non-hydrogen) atoms. The lowest BCUT2D eigenvalue weighted by Gasteiger charge is -2.23. The van der Waals surface area contributed by atoms with Crippen LogP contribution in [0.15, 0.2) is 9.59 Å². The van der Waals surface area contributed by atoms with E-state index in [9.17, 15) is 19.2 Å². The van der Waals surface area contributed by atoms with Gasteiger partial charge in [-0.25, -0.2) is 0 Å². The molecular weight excluding hydrogens is 767 g/mol. The van der Waals surface area contributed by atoms with Gasteiger partial charge in [-0.05, 0) is 83.8 Å². The average molecular weight is 862 g/mol. The maximum Gasteiger partial charge on any atom is 0.306 e. The van der Waals surface area contributed by atoms with E-state index in [0.29, 0.717) is 50.5 Å². The third-order valence-corrected chi connectivity index (χ3v) is 12.0. The molecule has 0 aliphatic heterocycles. The maximum atomic E-state index is 12.8. The third-order valence-electron chi connectivity index (χ3n) is 12.0. The first-order valence-electron chi connectivity index (χ1n) is 25.7. The maximum absolute atomic E-state index is 12.8. The monoisotopic (exact) mass is 862 g/mol. The van der Waals surface area contributed by atoms with Crippen molar-refractivity contribution >= 4 is 23.3 Å². The number of ether oxygens (including phenoxy) is 3. The minimum Gasteiger partial charge on any atom is -0.466 e. The summed E-state index contributed by atoms with van der Waals surface area (Å²) < 4.78 is 16.6. The summed E-state index contributed by atoms with van der Waals surface area (Å²) in [6.45, 7) is 11.8. The molecule has 2 N–H and O–H groups in total. The number of unbranched alkanes of at least 4 members (excludes halogenated alkanes) is 23. The zero-order valence-corrected chi connectivity index (χ0v) is 40.2. The zero-order chi connectivity index (χ0) is 44.4. The van der Waals surface area contributed by atoms with E-state index in [4.69, 9.17) is 14.2 Å². The van der Waals surface area contributed by atoms with Crippen LogP contribution in [-0.4, -0.2) is 76.0 Å². The second-order valence-electron chi connectivity index (χ2n) is 17.7. The lowest BCUT2D eigenvalue weighted by molar-refractivity contribution is -0.150. The summed E-state index contributed by atoms with van der Waals surface area (Å²) in [5.74, 6) is -0.0621. The van der Waals surface area contributed by atoms with E-state index in [-0.39, 0.29) is 18.0 Å². The van der Waals surface area contributed by atoms with Crippen molar-refractivity contribution < 1.29 is 23.8 Å².